The van der Waals surface area contributed by atoms with Gasteiger partial charge >= 0.3 is 0 Å². The first-order chi connectivity index (χ1) is 9.81. The third kappa shape index (κ3) is 3.50. The van der Waals surface area contributed by atoms with Gasteiger partial charge in [-0.1, -0.05) is 43.7 Å². The first-order valence-corrected chi connectivity index (χ1v) is 8.53. The van der Waals surface area contributed by atoms with E-state index in [2.05, 4.69) is 54.0 Å². The topological polar surface area (TPSA) is 12.0 Å². The highest BCUT2D eigenvalue weighted by atomic mass is 32.1. The highest BCUT2D eigenvalue weighted by molar-refractivity contribution is 7.10. The number of benzene rings is 1. The molecular formula is C18H23NS. The second kappa shape index (κ2) is 6.55. The molecule has 106 valence electrons. The van der Waals surface area contributed by atoms with E-state index in [1.807, 2.05) is 11.3 Å². The van der Waals surface area contributed by atoms with Crippen molar-refractivity contribution < 1.29 is 0 Å². The zero-order valence-electron chi connectivity index (χ0n) is 12.1. The summed E-state index contributed by atoms with van der Waals surface area (Å²) in [6.45, 7) is 4.58. The van der Waals surface area contributed by atoms with E-state index in [0.29, 0.717) is 0 Å². The molecule has 2 unspecified atom stereocenters. The van der Waals surface area contributed by atoms with Crippen LogP contribution in [-0.4, -0.2) is 6.54 Å². The lowest BCUT2D eigenvalue weighted by Crippen LogP contribution is -2.20. The Bertz CT molecular complexity index is 531. The maximum absolute atomic E-state index is 3.64. The van der Waals surface area contributed by atoms with E-state index in [1.54, 1.807) is 0 Å². The smallest absolute Gasteiger partial charge is 0.0300 e. The van der Waals surface area contributed by atoms with Gasteiger partial charge in [0, 0.05) is 11.4 Å². The molecule has 1 heterocycles. The minimum Gasteiger partial charge on any atom is -0.312 e. The van der Waals surface area contributed by atoms with E-state index < -0.39 is 0 Å². The number of rotatable bonds is 5. The molecule has 0 aliphatic heterocycles. The van der Waals surface area contributed by atoms with Gasteiger partial charge in [-0.15, -0.1) is 11.3 Å². The van der Waals surface area contributed by atoms with Gasteiger partial charge in [0.2, 0.25) is 0 Å². The van der Waals surface area contributed by atoms with Crippen molar-refractivity contribution in [3.05, 3.63) is 46.7 Å². The largest absolute Gasteiger partial charge is 0.312 e. The van der Waals surface area contributed by atoms with Crippen LogP contribution in [0, 0.1) is 11.8 Å². The van der Waals surface area contributed by atoms with Crippen molar-refractivity contribution in [3.63, 3.8) is 0 Å². The van der Waals surface area contributed by atoms with Crippen LogP contribution in [0.3, 0.4) is 0 Å². The van der Waals surface area contributed by atoms with Crippen molar-refractivity contribution in [1.29, 1.82) is 0 Å². The van der Waals surface area contributed by atoms with Crippen LogP contribution in [0.4, 0.5) is 0 Å². The van der Waals surface area contributed by atoms with Crippen LogP contribution in [0.15, 0.2) is 41.8 Å². The minimum atomic E-state index is 0.901. The summed E-state index contributed by atoms with van der Waals surface area (Å²) in [5, 5.41) is 5.91. The number of hydrogen-bond donors (Lipinski definition) is 1. The van der Waals surface area contributed by atoms with Crippen molar-refractivity contribution in [2.24, 2.45) is 11.8 Å². The number of nitrogens with one attached hydrogen (secondary N) is 1. The van der Waals surface area contributed by atoms with E-state index >= 15 is 0 Å². The molecule has 2 heteroatoms. The number of thiophene rings is 1. The second-order valence-electron chi connectivity index (χ2n) is 6.08. The molecule has 1 aliphatic rings. The Balaban J connectivity index is 1.50. The molecule has 0 bridgehead atoms. The zero-order chi connectivity index (χ0) is 13.8. The Hall–Kier alpha value is -1.12. The third-order valence-corrected chi connectivity index (χ3v) is 5.23. The molecular weight excluding hydrogens is 262 g/mol. The summed E-state index contributed by atoms with van der Waals surface area (Å²) in [6, 6.07) is 13.0. The lowest BCUT2D eigenvalue weighted by atomic mass is 10.1. The molecule has 1 aliphatic carbocycles. The predicted octanol–water partition coefficient (Wildman–Crippen LogP) is 4.94. The standard InChI is InChI=1S/C18H23NS/c1-14-7-8-15(9-14)11-19-12-18-10-17(13-20-18)16-5-3-2-4-6-16/h2-6,10,13-15,19H,7-9,11-12H2,1H3. The molecule has 3 rings (SSSR count). The fourth-order valence-corrected chi connectivity index (χ4v) is 4.03. The Morgan fingerprint density at radius 2 is 2.00 bits per heavy atom. The molecule has 0 amide bonds. The van der Waals surface area contributed by atoms with Gasteiger partial charge in [-0.3, -0.25) is 0 Å². The molecule has 1 nitrogen and oxygen atoms in total. The summed E-state index contributed by atoms with van der Waals surface area (Å²) in [6.07, 6.45) is 4.24. The molecule has 20 heavy (non-hydrogen) atoms. The number of hydrogen-bond acceptors (Lipinski definition) is 2. The summed E-state index contributed by atoms with van der Waals surface area (Å²) >= 11 is 1.86. The summed E-state index contributed by atoms with van der Waals surface area (Å²) in [4.78, 5) is 1.44. The molecule has 0 saturated heterocycles. The van der Waals surface area contributed by atoms with Crippen LogP contribution in [-0.2, 0) is 6.54 Å². The van der Waals surface area contributed by atoms with E-state index in [1.165, 1.54) is 41.8 Å². The monoisotopic (exact) mass is 285 g/mol. The normalized spacial score (nSPS) is 22.2. The molecule has 2 aromatic rings. The fourth-order valence-electron chi connectivity index (χ4n) is 3.17. The first-order valence-electron chi connectivity index (χ1n) is 7.65. The summed E-state index contributed by atoms with van der Waals surface area (Å²) in [7, 11) is 0. The molecule has 0 spiro atoms. The Morgan fingerprint density at radius 3 is 2.75 bits per heavy atom. The van der Waals surface area contributed by atoms with Crippen molar-refractivity contribution in [1.82, 2.24) is 5.32 Å². The highest BCUT2D eigenvalue weighted by Gasteiger charge is 2.20. The fraction of sp³-hybridized carbons (Fsp3) is 0.444. The summed E-state index contributed by atoms with van der Waals surface area (Å²) in [5.41, 5.74) is 2.67. The van der Waals surface area contributed by atoms with Crippen molar-refractivity contribution in [2.75, 3.05) is 6.54 Å². The van der Waals surface area contributed by atoms with E-state index in [9.17, 15) is 0 Å². The molecule has 1 saturated carbocycles. The molecule has 1 aromatic heterocycles. The zero-order valence-corrected chi connectivity index (χ0v) is 13.0. The van der Waals surface area contributed by atoms with E-state index in [0.717, 1.165) is 18.4 Å². The third-order valence-electron chi connectivity index (χ3n) is 4.30. The molecule has 1 fully saturated rings. The van der Waals surface area contributed by atoms with Crippen molar-refractivity contribution in [2.45, 2.75) is 32.7 Å². The van der Waals surface area contributed by atoms with Crippen LogP contribution in [0.5, 0.6) is 0 Å². The van der Waals surface area contributed by atoms with E-state index in [-0.39, 0.29) is 0 Å². The summed E-state index contributed by atoms with van der Waals surface area (Å²) in [5.74, 6) is 1.84. The average Bonchev–Trinajstić information content (AvgIpc) is 3.09. The van der Waals surface area contributed by atoms with Gasteiger partial charge in [0.15, 0.2) is 0 Å². The molecule has 0 radical (unpaired) electrons. The quantitative estimate of drug-likeness (QED) is 0.820. The maximum Gasteiger partial charge on any atom is 0.0300 e. The van der Waals surface area contributed by atoms with Gasteiger partial charge in [0.1, 0.15) is 0 Å². The lowest BCUT2D eigenvalue weighted by Gasteiger charge is -2.10. The molecule has 1 aromatic carbocycles. The SMILES string of the molecule is CC1CCC(CNCc2cc(-c3ccccc3)cs2)C1. The Labute approximate surface area is 126 Å². The van der Waals surface area contributed by atoms with Crippen LogP contribution in [0.2, 0.25) is 0 Å². The van der Waals surface area contributed by atoms with Gasteiger partial charge in [-0.25, -0.2) is 0 Å². The van der Waals surface area contributed by atoms with Gasteiger partial charge in [0.05, 0.1) is 0 Å². The van der Waals surface area contributed by atoms with Gasteiger partial charge in [0.25, 0.3) is 0 Å². The van der Waals surface area contributed by atoms with Gasteiger partial charge < -0.3 is 5.32 Å². The van der Waals surface area contributed by atoms with Crippen molar-refractivity contribution >= 4 is 11.3 Å². The van der Waals surface area contributed by atoms with Crippen LogP contribution >= 0.6 is 11.3 Å². The highest BCUT2D eigenvalue weighted by Crippen LogP contribution is 2.30. The first kappa shape index (κ1) is 13.8. The van der Waals surface area contributed by atoms with Crippen LogP contribution in [0.1, 0.15) is 31.1 Å². The Kier molecular flexibility index (Phi) is 4.54. The second-order valence-corrected chi connectivity index (χ2v) is 7.08. The van der Waals surface area contributed by atoms with E-state index in [4.69, 9.17) is 0 Å². The van der Waals surface area contributed by atoms with Crippen molar-refractivity contribution in [3.8, 4) is 11.1 Å². The summed E-state index contributed by atoms with van der Waals surface area (Å²) < 4.78 is 0. The average molecular weight is 285 g/mol. The molecule has 2 atom stereocenters. The molecule has 1 N–H and O–H groups in total. The Morgan fingerprint density at radius 1 is 1.15 bits per heavy atom. The van der Waals surface area contributed by atoms with Crippen LogP contribution in [0.25, 0.3) is 11.1 Å². The van der Waals surface area contributed by atoms with Gasteiger partial charge in [-0.05, 0) is 53.8 Å². The predicted molar refractivity (Wildman–Crippen MR) is 88.0 cm³/mol. The minimum absolute atomic E-state index is 0.901. The maximum atomic E-state index is 3.64. The lowest BCUT2D eigenvalue weighted by molar-refractivity contribution is 0.472. The van der Waals surface area contributed by atoms with Gasteiger partial charge in [-0.2, -0.15) is 0 Å². The van der Waals surface area contributed by atoms with Crippen LogP contribution < -0.4 is 5.32 Å².